The first kappa shape index (κ1) is 22.8. The van der Waals surface area contributed by atoms with Gasteiger partial charge in [-0.1, -0.05) is 36.7 Å². The molecule has 0 amide bonds. The van der Waals surface area contributed by atoms with Crippen molar-refractivity contribution in [3.8, 4) is 0 Å². The molecule has 0 aliphatic carbocycles. The molecule has 1 aromatic carbocycles. The Morgan fingerprint density at radius 1 is 1.23 bits per heavy atom. The second-order valence-electron chi connectivity index (χ2n) is 6.16. The van der Waals surface area contributed by atoms with Crippen molar-refractivity contribution >= 4 is 41.7 Å². The largest absolute Gasteiger partial charge is 0.359 e. The second-order valence-corrected chi connectivity index (χ2v) is 7.32. The number of benzene rings is 1. The summed E-state index contributed by atoms with van der Waals surface area (Å²) < 4.78 is 5.33. The lowest BCUT2D eigenvalue weighted by molar-refractivity contribution is 0.376. The van der Waals surface area contributed by atoms with Gasteiger partial charge >= 0.3 is 0 Å². The lowest BCUT2D eigenvalue weighted by Crippen LogP contribution is -2.38. The zero-order chi connectivity index (χ0) is 18.1. The van der Waals surface area contributed by atoms with E-state index in [1.807, 2.05) is 17.8 Å². The molecule has 2 rings (SSSR count). The molecule has 0 aliphatic heterocycles. The molecule has 7 heteroatoms. The second kappa shape index (κ2) is 12.2. The fourth-order valence-electron chi connectivity index (χ4n) is 2.15. The van der Waals surface area contributed by atoms with Crippen LogP contribution in [0.25, 0.3) is 0 Å². The molecule has 0 saturated carbocycles. The molecule has 0 bridgehead atoms. The van der Waals surface area contributed by atoms with Gasteiger partial charge in [0, 0.05) is 29.8 Å². The third kappa shape index (κ3) is 7.99. The standard InChI is InChI=1S/C19H28N4OS.HI/c1-5-20-19(22-13-16-12-18(14(2)3)23-24-16)21-10-11-25-17-8-6-15(4)7-9-17;/h6-9,12,14H,5,10-11,13H2,1-4H3,(H2,20,21,22);1H. The van der Waals surface area contributed by atoms with E-state index >= 15 is 0 Å². The number of rotatable bonds is 8. The van der Waals surface area contributed by atoms with E-state index < -0.39 is 0 Å². The Labute approximate surface area is 177 Å². The van der Waals surface area contributed by atoms with E-state index in [0.717, 1.165) is 36.3 Å². The minimum Gasteiger partial charge on any atom is -0.359 e. The van der Waals surface area contributed by atoms with E-state index in [1.54, 1.807) is 0 Å². The van der Waals surface area contributed by atoms with Gasteiger partial charge in [0.05, 0.1) is 5.69 Å². The van der Waals surface area contributed by atoms with Crippen LogP contribution in [0, 0.1) is 6.92 Å². The predicted molar refractivity (Wildman–Crippen MR) is 121 cm³/mol. The molecule has 1 heterocycles. The summed E-state index contributed by atoms with van der Waals surface area (Å²) in [5.41, 5.74) is 2.26. The number of halogens is 1. The Morgan fingerprint density at radius 3 is 2.58 bits per heavy atom. The van der Waals surface area contributed by atoms with Gasteiger partial charge in [0.15, 0.2) is 11.7 Å². The first-order valence-corrected chi connectivity index (χ1v) is 9.74. The van der Waals surface area contributed by atoms with Crippen molar-refractivity contribution in [3.63, 3.8) is 0 Å². The Morgan fingerprint density at radius 2 is 1.96 bits per heavy atom. The van der Waals surface area contributed by atoms with Gasteiger partial charge in [-0.05, 0) is 31.9 Å². The maximum Gasteiger partial charge on any atom is 0.191 e. The maximum absolute atomic E-state index is 5.33. The first-order chi connectivity index (χ1) is 12.1. The summed E-state index contributed by atoms with van der Waals surface area (Å²) in [5, 5.41) is 10.7. The van der Waals surface area contributed by atoms with E-state index in [4.69, 9.17) is 4.52 Å². The van der Waals surface area contributed by atoms with Crippen molar-refractivity contribution in [2.45, 2.75) is 45.1 Å². The van der Waals surface area contributed by atoms with Crippen LogP contribution < -0.4 is 10.6 Å². The highest BCUT2D eigenvalue weighted by Gasteiger charge is 2.07. The van der Waals surface area contributed by atoms with Gasteiger partial charge in [-0.25, -0.2) is 4.99 Å². The summed E-state index contributed by atoms with van der Waals surface area (Å²) in [4.78, 5) is 5.85. The minimum absolute atomic E-state index is 0. The SMILES string of the molecule is CCNC(=NCc1cc(C(C)C)no1)NCCSc1ccc(C)cc1.I. The minimum atomic E-state index is 0. The van der Waals surface area contributed by atoms with Gasteiger partial charge < -0.3 is 15.2 Å². The lowest BCUT2D eigenvalue weighted by atomic mass is 10.1. The molecule has 2 aromatic rings. The molecule has 0 fully saturated rings. The normalized spacial score (nSPS) is 11.3. The van der Waals surface area contributed by atoms with Gasteiger partial charge in [0.1, 0.15) is 6.54 Å². The number of nitrogens with zero attached hydrogens (tertiary/aromatic N) is 2. The average molecular weight is 488 g/mol. The molecule has 5 nitrogen and oxygen atoms in total. The Kier molecular flexibility index (Phi) is 10.7. The zero-order valence-electron chi connectivity index (χ0n) is 15.9. The molecule has 1 aromatic heterocycles. The molecule has 0 unspecified atom stereocenters. The summed E-state index contributed by atoms with van der Waals surface area (Å²) in [6.07, 6.45) is 0. The highest BCUT2D eigenvalue weighted by molar-refractivity contribution is 14.0. The lowest BCUT2D eigenvalue weighted by Gasteiger charge is -2.10. The number of hydrogen-bond acceptors (Lipinski definition) is 4. The quantitative estimate of drug-likeness (QED) is 0.187. The fraction of sp³-hybridized carbons (Fsp3) is 0.474. The molecular weight excluding hydrogens is 459 g/mol. The van der Waals surface area contributed by atoms with E-state index in [1.165, 1.54) is 10.5 Å². The van der Waals surface area contributed by atoms with E-state index in [2.05, 4.69) is 72.7 Å². The Hall–Kier alpha value is -1.22. The first-order valence-electron chi connectivity index (χ1n) is 8.75. The van der Waals surface area contributed by atoms with Crippen LogP contribution in [-0.2, 0) is 6.54 Å². The predicted octanol–water partition coefficient (Wildman–Crippen LogP) is 4.57. The number of guanidine groups is 1. The molecule has 0 radical (unpaired) electrons. The maximum atomic E-state index is 5.33. The molecule has 26 heavy (non-hydrogen) atoms. The van der Waals surface area contributed by atoms with Crippen LogP contribution in [0.4, 0.5) is 0 Å². The van der Waals surface area contributed by atoms with Crippen molar-refractivity contribution in [1.29, 1.82) is 0 Å². The van der Waals surface area contributed by atoms with Gasteiger partial charge in [-0.2, -0.15) is 0 Å². The van der Waals surface area contributed by atoms with Crippen LogP contribution in [-0.4, -0.2) is 30.0 Å². The number of aryl methyl sites for hydroxylation is 1. The topological polar surface area (TPSA) is 62.5 Å². The zero-order valence-corrected chi connectivity index (χ0v) is 19.1. The van der Waals surface area contributed by atoms with E-state index in [0.29, 0.717) is 12.5 Å². The van der Waals surface area contributed by atoms with Crippen LogP contribution in [0.15, 0.2) is 44.7 Å². The summed E-state index contributed by atoms with van der Waals surface area (Å²) in [6, 6.07) is 10.6. The number of thioether (sulfide) groups is 1. The third-order valence-corrected chi connectivity index (χ3v) is 4.60. The van der Waals surface area contributed by atoms with Crippen molar-refractivity contribution in [2.75, 3.05) is 18.8 Å². The van der Waals surface area contributed by atoms with Crippen LogP contribution >= 0.6 is 35.7 Å². The number of hydrogen-bond donors (Lipinski definition) is 2. The highest BCUT2D eigenvalue weighted by Crippen LogP contribution is 2.17. The van der Waals surface area contributed by atoms with Crippen LogP contribution in [0.5, 0.6) is 0 Å². The van der Waals surface area contributed by atoms with Crippen LogP contribution in [0.2, 0.25) is 0 Å². The number of aliphatic imine (C=N–C) groups is 1. The van der Waals surface area contributed by atoms with Crippen molar-refractivity contribution in [3.05, 3.63) is 47.3 Å². The highest BCUT2D eigenvalue weighted by atomic mass is 127. The molecule has 0 spiro atoms. The van der Waals surface area contributed by atoms with Crippen molar-refractivity contribution in [1.82, 2.24) is 15.8 Å². The summed E-state index contributed by atoms with van der Waals surface area (Å²) in [7, 11) is 0. The molecular formula is C19H29IN4OS. The molecule has 0 atom stereocenters. The fourth-order valence-corrected chi connectivity index (χ4v) is 2.92. The molecule has 2 N–H and O–H groups in total. The Balaban J connectivity index is 0.00000338. The third-order valence-electron chi connectivity index (χ3n) is 3.59. The average Bonchev–Trinajstić information content (AvgIpc) is 3.07. The summed E-state index contributed by atoms with van der Waals surface area (Å²) >= 11 is 1.84. The number of nitrogens with one attached hydrogen (secondary N) is 2. The monoisotopic (exact) mass is 488 g/mol. The van der Waals surface area contributed by atoms with Gasteiger partial charge in [-0.3, -0.25) is 0 Å². The van der Waals surface area contributed by atoms with Gasteiger partial charge in [0.2, 0.25) is 0 Å². The molecule has 0 aliphatic rings. The van der Waals surface area contributed by atoms with Crippen molar-refractivity contribution in [2.24, 2.45) is 4.99 Å². The van der Waals surface area contributed by atoms with Gasteiger partial charge in [0.25, 0.3) is 0 Å². The van der Waals surface area contributed by atoms with Crippen LogP contribution in [0.3, 0.4) is 0 Å². The summed E-state index contributed by atoms with van der Waals surface area (Å²) in [6.45, 7) is 10.5. The van der Waals surface area contributed by atoms with Crippen LogP contribution in [0.1, 0.15) is 43.7 Å². The molecule has 0 saturated heterocycles. The van der Waals surface area contributed by atoms with E-state index in [9.17, 15) is 0 Å². The Bertz CT molecular complexity index is 670. The number of aromatic nitrogens is 1. The summed E-state index contributed by atoms with van der Waals surface area (Å²) in [5.74, 6) is 2.93. The van der Waals surface area contributed by atoms with Crippen molar-refractivity contribution < 1.29 is 4.52 Å². The van der Waals surface area contributed by atoms with E-state index in [-0.39, 0.29) is 24.0 Å². The molecule has 144 valence electrons. The van der Waals surface area contributed by atoms with Gasteiger partial charge in [-0.15, -0.1) is 35.7 Å². The smallest absolute Gasteiger partial charge is 0.191 e.